The average Bonchev–Trinajstić information content (AvgIpc) is 2.42. The molecule has 0 spiro atoms. The number of aliphatic hydroxyl groups is 2. The zero-order chi connectivity index (χ0) is 16.7. The van der Waals surface area contributed by atoms with Crippen molar-refractivity contribution in [2.24, 2.45) is 11.8 Å². The van der Waals surface area contributed by atoms with Gasteiger partial charge < -0.3 is 20.0 Å². The van der Waals surface area contributed by atoms with E-state index >= 15 is 0 Å². The largest absolute Gasteiger partial charge is 0.377 e. The summed E-state index contributed by atoms with van der Waals surface area (Å²) in [6, 6.07) is 0.609. The molecule has 4 nitrogen and oxygen atoms in total. The number of nitrogens with zero attached hydrogens (tertiary/aromatic N) is 2. The van der Waals surface area contributed by atoms with Crippen LogP contribution in [0.25, 0.3) is 0 Å². The predicted molar refractivity (Wildman–Crippen MR) is 89.4 cm³/mol. The molecule has 0 aliphatic carbocycles. The molecule has 0 saturated carbocycles. The van der Waals surface area contributed by atoms with Gasteiger partial charge in [-0.05, 0) is 27.9 Å². The second-order valence-electron chi connectivity index (χ2n) is 7.89. The summed E-state index contributed by atoms with van der Waals surface area (Å²) >= 11 is 0. The van der Waals surface area contributed by atoms with E-state index in [9.17, 15) is 10.2 Å². The van der Waals surface area contributed by atoms with Gasteiger partial charge in [-0.2, -0.15) is 0 Å². The van der Waals surface area contributed by atoms with E-state index in [2.05, 4.69) is 49.6 Å². The second-order valence-corrected chi connectivity index (χ2v) is 7.89. The van der Waals surface area contributed by atoms with Crippen LogP contribution in [0.2, 0.25) is 0 Å². The van der Waals surface area contributed by atoms with Crippen molar-refractivity contribution in [1.82, 2.24) is 9.80 Å². The Labute approximate surface area is 135 Å². The fourth-order valence-electron chi connectivity index (χ4n) is 3.71. The molecule has 0 radical (unpaired) electrons. The third-order valence-corrected chi connectivity index (χ3v) is 5.97. The summed E-state index contributed by atoms with van der Waals surface area (Å²) in [5.41, 5.74) is -1.98. The van der Waals surface area contributed by atoms with E-state index in [0.717, 1.165) is 13.1 Å². The van der Waals surface area contributed by atoms with Gasteiger partial charge in [0.1, 0.15) is 11.2 Å². The van der Waals surface area contributed by atoms with Crippen molar-refractivity contribution >= 4 is 0 Å². The highest BCUT2D eigenvalue weighted by molar-refractivity contribution is 5.26. The van der Waals surface area contributed by atoms with Crippen LogP contribution in [0.15, 0.2) is 0 Å². The zero-order valence-corrected chi connectivity index (χ0v) is 14.9. The van der Waals surface area contributed by atoms with Gasteiger partial charge in [0.15, 0.2) is 0 Å². The molecule has 22 heavy (non-hydrogen) atoms. The smallest absolute Gasteiger partial charge is 0.130 e. The molecule has 2 aliphatic heterocycles. The van der Waals surface area contributed by atoms with Gasteiger partial charge in [-0.3, -0.25) is 0 Å². The molecule has 2 rings (SSSR count). The van der Waals surface area contributed by atoms with E-state index in [1.165, 1.54) is 0 Å². The lowest BCUT2D eigenvalue weighted by molar-refractivity contribution is -0.0432. The van der Waals surface area contributed by atoms with Crippen LogP contribution in [0.4, 0.5) is 0 Å². The van der Waals surface area contributed by atoms with Crippen molar-refractivity contribution in [3.8, 4) is 11.8 Å². The molecule has 2 saturated heterocycles. The Kier molecular flexibility index (Phi) is 4.94. The minimum Gasteiger partial charge on any atom is -0.377 e. The van der Waals surface area contributed by atoms with Crippen LogP contribution in [0.3, 0.4) is 0 Å². The third kappa shape index (κ3) is 3.33. The van der Waals surface area contributed by atoms with Crippen molar-refractivity contribution in [3.05, 3.63) is 0 Å². The van der Waals surface area contributed by atoms with Crippen molar-refractivity contribution in [3.63, 3.8) is 0 Å². The molecule has 2 fully saturated rings. The molecule has 2 heterocycles. The van der Waals surface area contributed by atoms with Crippen LogP contribution in [0.1, 0.15) is 40.5 Å². The van der Waals surface area contributed by atoms with Crippen LogP contribution < -0.4 is 0 Å². The first-order valence-electron chi connectivity index (χ1n) is 8.47. The lowest BCUT2D eigenvalue weighted by atomic mass is 9.76. The molecule has 0 unspecified atom stereocenters. The Morgan fingerprint density at radius 2 is 1.09 bits per heavy atom. The summed E-state index contributed by atoms with van der Waals surface area (Å²) in [6.07, 6.45) is 1.27. The summed E-state index contributed by atoms with van der Waals surface area (Å²) < 4.78 is 0. The summed E-state index contributed by atoms with van der Waals surface area (Å²) in [4.78, 5) is 4.52. The highest BCUT2D eigenvalue weighted by Crippen LogP contribution is 2.33. The highest BCUT2D eigenvalue weighted by atomic mass is 16.3. The molecule has 4 heteroatoms. The first kappa shape index (κ1) is 17.7. The van der Waals surface area contributed by atoms with Crippen LogP contribution >= 0.6 is 0 Å². The molecular weight excluding hydrogens is 276 g/mol. The first-order valence-corrected chi connectivity index (χ1v) is 8.47. The quantitative estimate of drug-likeness (QED) is 0.660. The topological polar surface area (TPSA) is 46.9 Å². The third-order valence-electron chi connectivity index (χ3n) is 5.97. The fourth-order valence-corrected chi connectivity index (χ4v) is 3.71. The van der Waals surface area contributed by atoms with Crippen molar-refractivity contribution < 1.29 is 10.2 Å². The minimum absolute atomic E-state index is 0.0868. The van der Waals surface area contributed by atoms with E-state index in [-0.39, 0.29) is 11.8 Å². The number of piperidine rings is 2. The van der Waals surface area contributed by atoms with E-state index in [4.69, 9.17) is 0 Å². The minimum atomic E-state index is -0.992. The van der Waals surface area contributed by atoms with Gasteiger partial charge in [0.05, 0.1) is 0 Å². The molecule has 0 bridgehead atoms. The summed E-state index contributed by atoms with van der Waals surface area (Å²) in [7, 11) is 4.17. The Hall–Kier alpha value is -0.600. The van der Waals surface area contributed by atoms with Crippen LogP contribution in [0.5, 0.6) is 0 Å². The molecule has 2 aliphatic rings. The predicted octanol–water partition coefficient (Wildman–Crippen LogP) is 1.17. The Morgan fingerprint density at radius 3 is 1.41 bits per heavy atom. The summed E-state index contributed by atoms with van der Waals surface area (Å²) in [6.45, 7) is 9.99. The van der Waals surface area contributed by atoms with Gasteiger partial charge in [0.2, 0.25) is 0 Å². The summed E-state index contributed by atoms with van der Waals surface area (Å²) in [5.74, 6) is 6.34. The van der Waals surface area contributed by atoms with Crippen molar-refractivity contribution in [1.29, 1.82) is 0 Å². The maximum absolute atomic E-state index is 11.0. The Morgan fingerprint density at radius 1 is 0.773 bits per heavy atom. The van der Waals surface area contributed by atoms with Gasteiger partial charge in [-0.25, -0.2) is 0 Å². The first-order chi connectivity index (χ1) is 10.1. The molecule has 0 aromatic rings. The monoisotopic (exact) mass is 308 g/mol. The van der Waals surface area contributed by atoms with Crippen LogP contribution in [0, 0.1) is 23.7 Å². The second kappa shape index (κ2) is 6.13. The maximum Gasteiger partial charge on any atom is 0.130 e. The molecule has 0 aromatic heterocycles. The van der Waals surface area contributed by atoms with E-state index in [0.29, 0.717) is 24.9 Å². The molecular formula is C18H32N2O2. The number of likely N-dealkylation sites (tertiary alicyclic amines) is 2. The van der Waals surface area contributed by atoms with Crippen molar-refractivity contribution in [2.45, 2.75) is 63.8 Å². The molecule has 126 valence electrons. The Balaban J connectivity index is 2.20. The van der Waals surface area contributed by atoms with Crippen molar-refractivity contribution in [2.75, 3.05) is 27.2 Å². The molecule has 6 atom stereocenters. The number of hydrogen-bond acceptors (Lipinski definition) is 4. The van der Waals surface area contributed by atoms with E-state index < -0.39 is 11.2 Å². The number of hydrogen-bond donors (Lipinski definition) is 2. The van der Waals surface area contributed by atoms with Gasteiger partial charge >= 0.3 is 0 Å². The normalized spacial score (nSPS) is 47.8. The van der Waals surface area contributed by atoms with Gasteiger partial charge in [0, 0.05) is 49.9 Å². The number of rotatable bonds is 0. The van der Waals surface area contributed by atoms with Crippen LogP contribution in [-0.2, 0) is 0 Å². The van der Waals surface area contributed by atoms with E-state index in [1.54, 1.807) is 0 Å². The zero-order valence-electron chi connectivity index (χ0n) is 14.9. The highest BCUT2D eigenvalue weighted by Gasteiger charge is 2.43. The Bertz CT molecular complexity index is 431. The standard InChI is InChI=1S/C18H32N2O2/c1-13-11-19(5)15(3)9-17(13,21)7-8-18(22)10-16(4)20(6)12-14(18)2/h13-16,21-22H,9-12H2,1-6H3/t13-,14-,15-,16+,17-,18+/m0/s1. The maximum atomic E-state index is 11.0. The molecule has 0 amide bonds. The van der Waals surface area contributed by atoms with Gasteiger partial charge in [-0.15, -0.1) is 0 Å². The molecule has 0 aromatic carbocycles. The molecule has 2 N–H and O–H groups in total. The fraction of sp³-hybridized carbons (Fsp3) is 0.889. The van der Waals surface area contributed by atoms with Gasteiger partial charge in [-0.1, -0.05) is 25.7 Å². The lowest BCUT2D eigenvalue weighted by Crippen LogP contribution is -2.54. The van der Waals surface area contributed by atoms with E-state index in [1.807, 2.05) is 13.8 Å². The van der Waals surface area contributed by atoms with Gasteiger partial charge in [0.25, 0.3) is 0 Å². The average molecular weight is 308 g/mol. The lowest BCUT2D eigenvalue weighted by Gasteiger charge is -2.44. The SMILES string of the molecule is C[C@@H]1C[C@](O)(C#C[C@]2(O)C[C@H](C)N(C)C[C@@H]2C)[C@@H](C)CN1C. The van der Waals surface area contributed by atoms with Crippen LogP contribution in [-0.4, -0.2) is 70.5 Å². The summed E-state index contributed by atoms with van der Waals surface area (Å²) in [5, 5.41) is 21.9.